The van der Waals surface area contributed by atoms with E-state index in [1.807, 2.05) is 0 Å². The molecular formula is C51H101NO4. The third-order valence-electron chi connectivity index (χ3n) is 12.1. The molecule has 5 nitrogen and oxygen atoms in total. The maximum Gasteiger partial charge on any atom is 0.222 e. The van der Waals surface area contributed by atoms with Crippen molar-refractivity contribution < 1.29 is 20.1 Å². The first-order valence-corrected chi connectivity index (χ1v) is 25.5. The van der Waals surface area contributed by atoms with Crippen LogP contribution in [0.4, 0.5) is 0 Å². The maximum atomic E-state index is 12.5. The maximum absolute atomic E-state index is 12.5. The number of rotatable bonds is 47. The first-order valence-electron chi connectivity index (χ1n) is 25.5. The quantitative estimate of drug-likeness (QED) is 0.0365. The Balaban J connectivity index is 3.50. The smallest absolute Gasteiger partial charge is 0.222 e. The summed E-state index contributed by atoms with van der Waals surface area (Å²) in [7, 11) is 0. The van der Waals surface area contributed by atoms with Gasteiger partial charge in [-0.25, -0.2) is 0 Å². The molecule has 0 radical (unpaired) electrons. The van der Waals surface area contributed by atoms with E-state index in [2.05, 4.69) is 31.3 Å². The summed E-state index contributed by atoms with van der Waals surface area (Å²) in [6, 6.07) is -0.655. The molecule has 334 valence electrons. The number of nitrogens with one attached hydrogen (secondary N) is 1. The van der Waals surface area contributed by atoms with Crippen LogP contribution in [0.15, 0.2) is 12.2 Å². The van der Waals surface area contributed by atoms with E-state index in [0.29, 0.717) is 12.8 Å². The molecule has 1 amide bonds. The van der Waals surface area contributed by atoms with Crippen molar-refractivity contribution in [3.05, 3.63) is 12.2 Å². The molecule has 0 aliphatic rings. The zero-order chi connectivity index (χ0) is 40.8. The van der Waals surface area contributed by atoms with Gasteiger partial charge in [-0.3, -0.25) is 4.79 Å². The fourth-order valence-electron chi connectivity index (χ4n) is 8.17. The number of hydrogen-bond acceptors (Lipinski definition) is 4. The van der Waals surface area contributed by atoms with Crippen LogP contribution in [0.2, 0.25) is 0 Å². The number of carbonyl (C=O) groups excluding carboxylic acids is 1. The van der Waals surface area contributed by atoms with Crippen molar-refractivity contribution in [2.45, 2.75) is 302 Å². The number of hydrogen-bond donors (Lipinski definition) is 4. The van der Waals surface area contributed by atoms with E-state index in [9.17, 15) is 20.1 Å². The normalized spacial score (nSPS) is 13.4. The summed E-state index contributed by atoms with van der Waals surface area (Å²) >= 11 is 0. The number of carbonyl (C=O) groups is 1. The van der Waals surface area contributed by atoms with Gasteiger partial charge < -0.3 is 20.6 Å². The Morgan fingerprint density at radius 3 is 1.04 bits per heavy atom. The van der Waals surface area contributed by atoms with Gasteiger partial charge in [0.1, 0.15) is 0 Å². The second-order valence-electron chi connectivity index (χ2n) is 17.8. The van der Waals surface area contributed by atoms with Gasteiger partial charge in [0, 0.05) is 0 Å². The number of aliphatic hydroxyl groups is 3. The van der Waals surface area contributed by atoms with Crippen LogP contribution in [0.3, 0.4) is 0 Å². The molecule has 0 spiro atoms. The summed E-state index contributed by atoms with van der Waals surface area (Å²) in [5.41, 5.74) is 0. The Morgan fingerprint density at radius 2 is 0.714 bits per heavy atom. The molecule has 4 N–H and O–H groups in total. The molecule has 0 aliphatic heterocycles. The second kappa shape index (κ2) is 46.8. The van der Waals surface area contributed by atoms with Gasteiger partial charge in [0.15, 0.2) is 0 Å². The summed E-state index contributed by atoms with van der Waals surface area (Å²) in [5, 5.41) is 33.5. The summed E-state index contributed by atoms with van der Waals surface area (Å²) < 4.78 is 0. The zero-order valence-electron chi connectivity index (χ0n) is 38.0. The highest BCUT2D eigenvalue weighted by atomic mass is 16.3. The van der Waals surface area contributed by atoms with Gasteiger partial charge in [-0.1, -0.05) is 251 Å². The van der Waals surface area contributed by atoms with Crippen molar-refractivity contribution in [2.75, 3.05) is 6.61 Å². The topological polar surface area (TPSA) is 89.8 Å². The summed E-state index contributed by atoms with van der Waals surface area (Å²) in [6.45, 7) is 4.28. The molecule has 0 heterocycles. The van der Waals surface area contributed by atoms with Crippen LogP contribution in [-0.2, 0) is 4.79 Å². The first kappa shape index (κ1) is 55.1. The first-order chi connectivity index (χ1) is 27.5. The summed E-state index contributed by atoms with van der Waals surface area (Å²) in [6.07, 6.45) is 56.4. The molecule has 0 rings (SSSR count). The monoisotopic (exact) mass is 792 g/mol. The molecule has 56 heavy (non-hydrogen) atoms. The Kier molecular flexibility index (Phi) is 46.0. The zero-order valence-corrected chi connectivity index (χ0v) is 38.0. The lowest BCUT2D eigenvalue weighted by atomic mass is 10.0. The third-order valence-corrected chi connectivity index (χ3v) is 12.1. The van der Waals surface area contributed by atoms with Crippen molar-refractivity contribution in [3.63, 3.8) is 0 Å². The molecule has 0 bridgehead atoms. The molecular weight excluding hydrogens is 691 g/mol. The van der Waals surface area contributed by atoms with E-state index in [4.69, 9.17) is 0 Å². The van der Waals surface area contributed by atoms with Crippen LogP contribution in [-0.4, -0.2) is 46.1 Å². The molecule has 0 saturated carbocycles. The highest BCUT2D eigenvalue weighted by molar-refractivity contribution is 5.76. The van der Waals surface area contributed by atoms with Crippen molar-refractivity contribution in [1.29, 1.82) is 0 Å². The number of unbranched alkanes of at least 4 members (excludes halogenated alkanes) is 36. The van der Waals surface area contributed by atoms with Crippen LogP contribution in [0, 0.1) is 0 Å². The lowest BCUT2D eigenvalue weighted by Crippen LogP contribution is -2.46. The highest BCUT2D eigenvalue weighted by Gasteiger charge is 2.21. The molecule has 0 aromatic heterocycles. The predicted molar refractivity (Wildman–Crippen MR) is 245 cm³/mol. The minimum Gasteiger partial charge on any atom is -0.394 e. The van der Waals surface area contributed by atoms with Crippen LogP contribution >= 0.6 is 0 Å². The number of allylic oxidation sites excluding steroid dienone is 2. The van der Waals surface area contributed by atoms with Crippen LogP contribution < -0.4 is 5.32 Å². The van der Waals surface area contributed by atoms with Gasteiger partial charge in [-0.2, -0.15) is 0 Å². The highest BCUT2D eigenvalue weighted by Crippen LogP contribution is 2.17. The van der Waals surface area contributed by atoms with E-state index >= 15 is 0 Å². The lowest BCUT2D eigenvalue weighted by molar-refractivity contribution is -0.125. The fraction of sp³-hybridized carbons (Fsp3) is 0.941. The van der Waals surface area contributed by atoms with Crippen molar-refractivity contribution in [1.82, 2.24) is 5.32 Å². The molecule has 3 unspecified atom stereocenters. The van der Waals surface area contributed by atoms with Crippen molar-refractivity contribution in [3.8, 4) is 0 Å². The van der Waals surface area contributed by atoms with Crippen molar-refractivity contribution in [2.24, 2.45) is 0 Å². The molecule has 0 fully saturated rings. The van der Waals surface area contributed by atoms with E-state index in [0.717, 1.165) is 25.7 Å². The predicted octanol–water partition coefficient (Wildman–Crippen LogP) is 15.2. The van der Waals surface area contributed by atoms with E-state index in [1.165, 1.54) is 225 Å². The average molecular weight is 792 g/mol. The van der Waals surface area contributed by atoms with Crippen LogP contribution in [0.1, 0.15) is 284 Å². The Bertz CT molecular complexity index is 788. The average Bonchev–Trinajstić information content (AvgIpc) is 3.19. The van der Waals surface area contributed by atoms with E-state index in [-0.39, 0.29) is 18.9 Å². The largest absolute Gasteiger partial charge is 0.394 e. The van der Waals surface area contributed by atoms with E-state index < -0.39 is 18.2 Å². The third kappa shape index (κ3) is 42.7. The molecule has 0 aromatic carbocycles. The second-order valence-corrected chi connectivity index (χ2v) is 17.8. The van der Waals surface area contributed by atoms with Crippen molar-refractivity contribution >= 4 is 5.91 Å². The summed E-state index contributed by atoms with van der Waals surface area (Å²) in [5.74, 6) is -0.280. The van der Waals surface area contributed by atoms with Crippen LogP contribution in [0.5, 0.6) is 0 Å². The molecule has 3 atom stereocenters. The minimum atomic E-state index is -0.745. The van der Waals surface area contributed by atoms with Gasteiger partial charge in [0.2, 0.25) is 5.91 Å². The SMILES string of the molecule is CCCCCCCCCCCCCC/C=C\CCCCCCCCCCCCCCC(O)CC(=O)NC(CO)C(O)CCCCCCCCCCCCCCC. The van der Waals surface area contributed by atoms with Gasteiger partial charge >= 0.3 is 0 Å². The summed E-state index contributed by atoms with van der Waals surface area (Å²) in [4.78, 5) is 12.5. The fourth-order valence-corrected chi connectivity index (χ4v) is 8.17. The molecule has 0 aromatic rings. The standard InChI is InChI=1S/C51H101NO4/c1-3-5-7-9-11-13-15-17-18-19-20-21-22-23-24-25-26-27-28-29-30-31-33-34-36-38-40-42-44-48(54)46-51(56)52-49(47-53)50(55)45-43-41-39-37-35-32-16-14-12-10-8-6-4-2/h23-24,48-50,53-55H,3-22,25-47H2,1-2H3,(H,52,56)/b24-23-. The number of amides is 1. The molecule has 0 saturated heterocycles. The minimum absolute atomic E-state index is 0.0398. The Morgan fingerprint density at radius 1 is 0.429 bits per heavy atom. The molecule has 5 heteroatoms. The lowest BCUT2D eigenvalue weighted by Gasteiger charge is -2.23. The van der Waals surface area contributed by atoms with Gasteiger partial charge in [0.25, 0.3) is 0 Å². The Hall–Kier alpha value is -0.910. The van der Waals surface area contributed by atoms with Gasteiger partial charge in [-0.05, 0) is 38.5 Å². The van der Waals surface area contributed by atoms with Gasteiger partial charge in [-0.15, -0.1) is 0 Å². The number of aliphatic hydroxyl groups excluding tert-OH is 3. The van der Waals surface area contributed by atoms with E-state index in [1.54, 1.807) is 0 Å². The van der Waals surface area contributed by atoms with Crippen LogP contribution in [0.25, 0.3) is 0 Å². The Labute approximate surface area is 350 Å². The van der Waals surface area contributed by atoms with Gasteiger partial charge in [0.05, 0.1) is 31.3 Å². The molecule has 0 aliphatic carbocycles.